The van der Waals surface area contributed by atoms with Crippen molar-refractivity contribution in [3.63, 3.8) is 0 Å². The lowest BCUT2D eigenvalue weighted by Crippen LogP contribution is -2.41. The summed E-state index contributed by atoms with van der Waals surface area (Å²) in [6.45, 7) is 4.08. The fourth-order valence-electron chi connectivity index (χ4n) is 2.82. The Bertz CT molecular complexity index is 992. The summed E-state index contributed by atoms with van der Waals surface area (Å²) in [5.41, 5.74) is 1.63. The molecule has 2 aromatic rings. The number of hydrogen-bond acceptors (Lipinski definition) is 4. The molecule has 7 nitrogen and oxygen atoms in total. The molecule has 0 spiro atoms. The number of carbonyl (C=O) groups is 1. The van der Waals surface area contributed by atoms with Gasteiger partial charge in [0, 0.05) is 32.4 Å². The smallest absolute Gasteiger partial charge is 0.224 e. The van der Waals surface area contributed by atoms with Gasteiger partial charge >= 0.3 is 0 Å². The maximum absolute atomic E-state index is 13.2. The van der Waals surface area contributed by atoms with Crippen LogP contribution >= 0.6 is 0 Å². The Labute approximate surface area is 183 Å². The van der Waals surface area contributed by atoms with Crippen molar-refractivity contribution in [1.29, 1.82) is 0 Å². The van der Waals surface area contributed by atoms with E-state index in [9.17, 15) is 17.6 Å². The molecular weight excluding hydrogens is 419 g/mol. The molecule has 0 atom stereocenters. The van der Waals surface area contributed by atoms with Crippen LogP contribution in [-0.2, 0) is 27.5 Å². The molecule has 0 bridgehead atoms. The minimum atomic E-state index is -3.19. The molecule has 0 aliphatic rings. The number of sulfone groups is 1. The van der Waals surface area contributed by atoms with Gasteiger partial charge in [-0.2, -0.15) is 0 Å². The second kappa shape index (κ2) is 12.0. The zero-order valence-electron chi connectivity index (χ0n) is 17.8. The van der Waals surface area contributed by atoms with Crippen LogP contribution < -0.4 is 16.0 Å². The first-order valence-electron chi connectivity index (χ1n) is 10.1. The van der Waals surface area contributed by atoms with Gasteiger partial charge in [0.25, 0.3) is 0 Å². The Hall–Kier alpha value is -2.94. The number of aliphatic imine (C=N–C) groups is 1. The van der Waals surface area contributed by atoms with Crippen molar-refractivity contribution in [2.75, 3.05) is 32.4 Å². The van der Waals surface area contributed by atoms with Crippen LogP contribution in [0.4, 0.5) is 4.39 Å². The molecule has 9 heteroatoms. The van der Waals surface area contributed by atoms with Crippen molar-refractivity contribution in [2.45, 2.75) is 24.7 Å². The first kappa shape index (κ1) is 24.3. The molecule has 2 aromatic carbocycles. The lowest BCUT2D eigenvalue weighted by molar-refractivity contribution is -0.120. The van der Waals surface area contributed by atoms with Crippen LogP contribution in [0.1, 0.15) is 18.1 Å². The average Bonchev–Trinajstić information content (AvgIpc) is 2.71. The lowest BCUT2D eigenvalue weighted by atomic mass is 10.1. The lowest BCUT2D eigenvalue weighted by Gasteiger charge is -2.12. The first-order chi connectivity index (χ1) is 14.8. The van der Waals surface area contributed by atoms with Gasteiger partial charge in [-0.3, -0.25) is 9.79 Å². The number of carbonyl (C=O) groups excluding carboxylic acids is 1. The minimum Gasteiger partial charge on any atom is -0.357 e. The third-order valence-electron chi connectivity index (χ3n) is 4.36. The number of amides is 1. The Balaban J connectivity index is 1.74. The molecule has 0 fully saturated rings. The molecule has 0 unspecified atom stereocenters. The zero-order valence-corrected chi connectivity index (χ0v) is 18.6. The van der Waals surface area contributed by atoms with Crippen LogP contribution in [0.15, 0.2) is 58.4 Å². The summed E-state index contributed by atoms with van der Waals surface area (Å²) in [7, 11) is -3.19. The van der Waals surface area contributed by atoms with E-state index in [4.69, 9.17) is 0 Å². The van der Waals surface area contributed by atoms with Crippen LogP contribution in [0.5, 0.6) is 0 Å². The molecule has 168 valence electrons. The first-order valence-corrected chi connectivity index (χ1v) is 12.0. The Kier molecular flexibility index (Phi) is 9.45. The van der Waals surface area contributed by atoms with E-state index in [0.29, 0.717) is 49.0 Å². The molecule has 1 amide bonds. The molecule has 0 aliphatic carbocycles. The maximum Gasteiger partial charge on any atom is 0.224 e. The van der Waals surface area contributed by atoms with Gasteiger partial charge in [0.15, 0.2) is 15.8 Å². The van der Waals surface area contributed by atoms with E-state index >= 15 is 0 Å². The fraction of sp³-hybridized carbons (Fsp3) is 0.364. The van der Waals surface area contributed by atoms with Crippen LogP contribution in [-0.4, -0.2) is 52.7 Å². The highest BCUT2D eigenvalue weighted by molar-refractivity contribution is 7.90. The standard InChI is InChI=1S/C22H29FN4O3S/c1-3-24-22(26-12-11-17-7-9-20(10-8-17)31(2,29)30)27-14-13-25-21(28)16-18-5-4-6-19(23)15-18/h4-10,15H,3,11-14,16H2,1-2H3,(H,25,28)(H2,24,26,27). The van der Waals surface area contributed by atoms with Crippen LogP contribution in [0.25, 0.3) is 0 Å². The topological polar surface area (TPSA) is 99.7 Å². The number of nitrogens with one attached hydrogen (secondary N) is 3. The van der Waals surface area contributed by atoms with E-state index in [0.717, 1.165) is 5.56 Å². The van der Waals surface area contributed by atoms with Gasteiger partial charge in [0.05, 0.1) is 11.3 Å². The van der Waals surface area contributed by atoms with E-state index in [1.165, 1.54) is 18.4 Å². The Morgan fingerprint density at radius 3 is 2.35 bits per heavy atom. The summed E-state index contributed by atoms with van der Waals surface area (Å²) in [4.78, 5) is 16.8. The molecule has 0 radical (unpaired) electrons. The summed E-state index contributed by atoms with van der Waals surface area (Å²) in [5, 5.41) is 9.08. The summed E-state index contributed by atoms with van der Waals surface area (Å²) in [6, 6.07) is 12.8. The fourth-order valence-corrected chi connectivity index (χ4v) is 3.45. The third kappa shape index (κ3) is 9.17. The normalized spacial score (nSPS) is 11.8. The summed E-state index contributed by atoms with van der Waals surface area (Å²) < 4.78 is 36.2. The number of halogens is 1. The van der Waals surface area contributed by atoms with Gasteiger partial charge in [0.1, 0.15) is 5.82 Å². The van der Waals surface area contributed by atoms with Crippen molar-refractivity contribution in [3.8, 4) is 0 Å². The number of benzene rings is 2. The molecule has 3 N–H and O–H groups in total. The molecule has 31 heavy (non-hydrogen) atoms. The number of guanidine groups is 1. The molecule has 0 saturated carbocycles. The molecule has 0 aromatic heterocycles. The molecular formula is C22H29FN4O3S. The predicted octanol–water partition coefficient (Wildman–Crippen LogP) is 1.69. The van der Waals surface area contributed by atoms with Crippen molar-refractivity contribution >= 4 is 21.7 Å². The monoisotopic (exact) mass is 448 g/mol. The highest BCUT2D eigenvalue weighted by Crippen LogP contribution is 2.10. The van der Waals surface area contributed by atoms with E-state index in [-0.39, 0.29) is 18.1 Å². The minimum absolute atomic E-state index is 0.129. The maximum atomic E-state index is 13.2. The average molecular weight is 449 g/mol. The SMILES string of the molecule is CCNC(=NCCc1ccc(S(C)(=O)=O)cc1)NCCNC(=O)Cc1cccc(F)c1. The Morgan fingerprint density at radius 2 is 1.71 bits per heavy atom. The van der Waals surface area contributed by atoms with E-state index in [2.05, 4.69) is 20.9 Å². The Morgan fingerprint density at radius 1 is 1.00 bits per heavy atom. The second-order valence-electron chi connectivity index (χ2n) is 7.01. The number of hydrogen-bond donors (Lipinski definition) is 3. The van der Waals surface area contributed by atoms with Gasteiger partial charge in [-0.25, -0.2) is 12.8 Å². The highest BCUT2D eigenvalue weighted by atomic mass is 32.2. The number of rotatable bonds is 10. The van der Waals surface area contributed by atoms with E-state index < -0.39 is 9.84 Å². The van der Waals surface area contributed by atoms with Crippen molar-refractivity contribution < 1.29 is 17.6 Å². The van der Waals surface area contributed by atoms with E-state index in [1.807, 2.05) is 6.92 Å². The highest BCUT2D eigenvalue weighted by Gasteiger charge is 2.06. The predicted molar refractivity (Wildman–Crippen MR) is 120 cm³/mol. The summed E-state index contributed by atoms with van der Waals surface area (Å²) >= 11 is 0. The number of nitrogens with zero attached hydrogens (tertiary/aromatic N) is 1. The van der Waals surface area contributed by atoms with Crippen LogP contribution in [0, 0.1) is 5.82 Å². The van der Waals surface area contributed by atoms with Gasteiger partial charge < -0.3 is 16.0 Å². The van der Waals surface area contributed by atoms with Crippen molar-refractivity contribution in [3.05, 3.63) is 65.5 Å². The molecule has 0 heterocycles. The quantitative estimate of drug-likeness (QED) is 0.292. The molecule has 0 saturated heterocycles. The second-order valence-corrected chi connectivity index (χ2v) is 9.03. The third-order valence-corrected chi connectivity index (χ3v) is 5.49. The van der Waals surface area contributed by atoms with Gasteiger partial charge in [-0.15, -0.1) is 0 Å². The zero-order chi connectivity index (χ0) is 22.7. The largest absolute Gasteiger partial charge is 0.357 e. The van der Waals surface area contributed by atoms with Gasteiger partial charge in [-0.05, 0) is 48.7 Å². The van der Waals surface area contributed by atoms with Gasteiger partial charge in [0.2, 0.25) is 5.91 Å². The van der Waals surface area contributed by atoms with Crippen molar-refractivity contribution in [2.24, 2.45) is 4.99 Å². The van der Waals surface area contributed by atoms with Gasteiger partial charge in [-0.1, -0.05) is 24.3 Å². The van der Waals surface area contributed by atoms with Crippen LogP contribution in [0.3, 0.4) is 0 Å². The summed E-state index contributed by atoms with van der Waals surface area (Å²) in [5.74, 6) is 0.103. The summed E-state index contributed by atoms with van der Waals surface area (Å²) in [6.07, 6.45) is 1.99. The molecule has 2 rings (SSSR count). The van der Waals surface area contributed by atoms with Crippen molar-refractivity contribution in [1.82, 2.24) is 16.0 Å². The van der Waals surface area contributed by atoms with E-state index in [1.54, 1.807) is 36.4 Å². The molecule has 0 aliphatic heterocycles. The van der Waals surface area contributed by atoms with Crippen LogP contribution in [0.2, 0.25) is 0 Å².